The minimum atomic E-state index is -0.452. The van der Waals surface area contributed by atoms with Gasteiger partial charge in [-0.3, -0.25) is 4.79 Å². The van der Waals surface area contributed by atoms with E-state index in [0.717, 1.165) is 75.8 Å². The van der Waals surface area contributed by atoms with Gasteiger partial charge in [0.25, 0.3) is 0 Å². The molecule has 0 unspecified atom stereocenters. The van der Waals surface area contributed by atoms with Crippen LogP contribution in [0.3, 0.4) is 0 Å². The highest BCUT2D eigenvalue weighted by Gasteiger charge is 2.50. The summed E-state index contributed by atoms with van der Waals surface area (Å²) in [7, 11) is 1.88. The fourth-order valence-corrected chi connectivity index (χ4v) is 7.54. The fraction of sp³-hybridized carbons (Fsp3) is 0.444. The van der Waals surface area contributed by atoms with E-state index in [4.69, 9.17) is 4.74 Å². The molecule has 7 heteroatoms. The van der Waals surface area contributed by atoms with Crippen LogP contribution in [0, 0.1) is 0 Å². The molecule has 226 valence electrons. The Morgan fingerprint density at radius 1 is 0.884 bits per heavy atom. The second-order valence-corrected chi connectivity index (χ2v) is 12.6. The van der Waals surface area contributed by atoms with Crippen molar-refractivity contribution in [2.45, 2.75) is 68.5 Å². The normalized spacial score (nSPS) is 23.6. The van der Waals surface area contributed by atoms with Crippen LogP contribution in [-0.2, 0) is 21.6 Å². The largest absolute Gasteiger partial charge is 0.445 e. The third-order valence-electron chi connectivity index (χ3n) is 10.3. The van der Waals surface area contributed by atoms with Crippen molar-refractivity contribution in [2.24, 2.45) is 0 Å². The number of benzene rings is 3. The third kappa shape index (κ3) is 6.14. The second-order valence-electron chi connectivity index (χ2n) is 12.6. The van der Waals surface area contributed by atoms with Gasteiger partial charge in [-0.1, -0.05) is 78.9 Å². The molecule has 1 spiro atoms. The number of nitrogens with one attached hydrogen (secondary N) is 1. The van der Waals surface area contributed by atoms with E-state index in [2.05, 4.69) is 57.6 Å². The lowest BCUT2D eigenvalue weighted by molar-refractivity contribution is -0.125. The van der Waals surface area contributed by atoms with Gasteiger partial charge in [0.15, 0.2) is 0 Å². The number of hydrogen-bond donors (Lipinski definition) is 1. The first kappa shape index (κ1) is 29.2. The first-order chi connectivity index (χ1) is 21.0. The second kappa shape index (κ2) is 12.8. The summed E-state index contributed by atoms with van der Waals surface area (Å²) < 4.78 is 5.64. The zero-order chi connectivity index (χ0) is 29.7. The van der Waals surface area contributed by atoms with Crippen molar-refractivity contribution in [3.05, 3.63) is 102 Å². The van der Waals surface area contributed by atoms with Gasteiger partial charge in [-0.25, -0.2) is 4.79 Å². The molecule has 0 radical (unpaired) electrons. The molecule has 2 amide bonds. The average molecular weight is 581 g/mol. The number of rotatable bonds is 8. The van der Waals surface area contributed by atoms with Gasteiger partial charge in [-0.15, -0.1) is 0 Å². The topological polar surface area (TPSA) is 65.1 Å². The molecular formula is C36H44N4O3. The number of likely N-dealkylation sites (tertiary alicyclic amines) is 1. The molecule has 0 aromatic heterocycles. The molecule has 3 aliphatic rings. The monoisotopic (exact) mass is 580 g/mol. The minimum absolute atomic E-state index is 0.0858. The number of piperidine rings is 1. The van der Waals surface area contributed by atoms with Crippen LogP contribution >= 0.6 is 0 Å². The molecule has 1 aliphatic carbocycles. The molecule has 43 heavy (non-hydrogen) atoms. The van der Waals surface area contributed by atoms with Crippen LogP contribution in [0.15, 0.2) is 91.0 Å². The zero-order valence-electron chi connectivity index (χ0n) is 25.3. The molecule has 3 aromatic carbocycles. The van der Waals surface area contributed by atoms with E-state index in [-0.39, 0.29) is 23.5 Å². The molecule has 6 rings (SSSR count). The van der Waals surface area contributed by atoms with E-state index >= 15 is 0 Å². The Hall–Kier alpha value is -3.84. The molecule has 2 heterocycles. The van der Waals surface area contributed by atoms with E-state index in [9.17, 15) is 9.59 Å². The first-order valence-electron chi connectivity index (χ1n) is 15.8. The number of carbonyl (C=O) groups excluding carboxylic acids is 2. The van der Waals surface area contributed by atoms with Gasteiger partial charge in [0, 0.05) is 31.9 Å². The maximum Gasteiger partial charge on any atom is 0.410 e. The average Bonchev–Trinajstić information content (AvgIpc) is 3.39. The Balaban J connectivity index is 1.07. The van der Waals surface area contributed by atoms with Crippen molar-refractivity contribution in [3.8, 4) is 0 Å². The highest BCUT2D eigenvalue weighted by Crippen LogP contribution is 2.44. The van der Waals surface area contributed by atoms with Crippen molar-refractivity contribution < 1.29 is 14.3 Å². The van der Waals surface area contributed by atoms with Gasteiger partial charge >= 0.3 is 6.09 Å². The standard InChI is InChI=1S/C36H44N4O3/c1-38(34(42)43-27-29-11-5-2-6-12-29)31-17-19-35(20-18-31,30-13-7-3-8-14-30)21-24-39-25-22-36(23-26-39)33(41)37-28-40(36)32-15-9-4-10-16-32/h2-16,31H,17-28H2,1H3,(H,37,41). The quantitative estimate of drug-likeness (QED) is 0.357. The van der Waals surface area contributed by atoms with Crippen LogP contribution in [0.1, 0.15) is 56.1 Å². The Labute approximate surface area is 255 Å². The van der Waals surface area contributed by atoms with Crippen LogP contribution in [0.25, 0.3) is 0 Å². The third-order valence-corrected chi connectivity index (χ3v) is 10.3. The van der Waals surface area contributed by atoms with Gasteiger partial charge in [0.05, 0.1) is 6.67 Å². The number of ether oxygens (including phenoxy) is 1. The Kier molecular flexibility index (Phi) is 8.70. The molecular weight excluding hydrogens is 536 g/mol. The van der Waals surface area contributed by atoms with Crippen molar-refractivity contribution in [2.75, 3.05) is 38.3 Å². The van der Waals surface area contributed by atoms with Crippen molar-refractivity contribution in [1.82, 2.24) is 15.1 Å². The fourth-order valence-electron chi connectivity index (χ4n) is 7.54. The lowest BCUT2D eigenvalue weighted by atomic mass is 9.66. The van der Waals surface area contributed by atoms with Crippen molar-refractivity contribution >= 4 is 17.7 Å². The van der Waals surface area contributed by atoms with Gasteiger partial charge < -0.3 is 24.8 Å². The predicted molar refractivity (Wildman–Crippen MR) is 170 cm³/mol. The lowest BCUT2D eigenvalue weighted by Crippen LogP contribution is -2.56. The minimum Gasteiger partial charge on any atom is -0.445 e. The number of para-hydroxylation sites is 1. The van der Waals surface area contributed by atoms with E-state index in [1.807, 2.05) is 60.5 Å². The molecule has 3 fully saturated rings. The van der Waals surface area contributed by atoms with E-state index < -0.39 is 5.54 Å². The molecule has 7 nitrogen and oxygen atoms in total. The molecule has 1 N–H and O–H groups in total. The lowest BCUT2D eigenvalue weighted by Gasteiger charge is -2.46. The first-order valence-corrected chi connectivity index (χ1v) is 15.8. The Morgan fingerprint density at radius 2 is 1.49 bits per heavy atom. The van der Waals surface area contributed by atoms with Crippen molar-refractivity contribution in [3.63, 3.8) is 0 Å². The summed E-state index contributed by atoms with van der Waals surface area (Å²) in [6.07, 6.45) is 6.51. The summed E-state index contributed by atoms with van der Waals surface area (Å²) in [6.45, 7) is 3.72. The number of anilines is 1. The van der Waals surface area contributed by atoms with Crippen LogP contribution in [0.5, 0.6) is 0 Å². The summed E-state index contributed by atoms with van der Waals surface area (Å²) in [6, 6.07) is 31.3. The zero-order valence-corrected chi connectivity index (χ0v) is 25.3. The predicted octanol–water partition coefficient (Wildman–Crippen LogP) is 5.95. The molecule has 0 atom stereocenters. The number of amides is 2. The number of carbonyl (C=O) groups is 2. The van der Waals surface area contributed by atoms with Gasteiger partial charge in [0.1, 0.15) is 12.1 Å². The molecule has 2 saturated heterocycles. The summed E-state index contributed by atoms with van der Waals surface area (Å²) in [4.78, 5) is 32.7. The molecule has 2 aliphatic heterocycles. The van der Waals surface area contributed by atoms with Gasteiger partial charge in [-0.05, 0) is 80.2 Å². The van der Waals surface area contributed by atoms with Crippen LogP contribution in [0.4, 0.5) is 10.5 Å². The highest BCUT2D eigenvalue weighted by atomic mass is 16.6. The molecule has 3 aromatic rings. The van der Waals surface area contributed by atoms with Gasteiger partial charge in [0.2, 0.25) is 5.91 Å². The van der Waals surface area contributed by atoms with Crippen LogP contribution < -0.4 is 10.2 Å². The van der Waals surface area contributed by atoms with Crippen LogP contribution in [-0.4, -0.2) is 66.7 Å². The van der Waals surface area contributed by atoms with Crippen molar-refractivity contribution in [1.29, 1.82) is 0 Å². The van der Waals surface area contributed by atoms with E-state index in [1.165, 1.54) is 5.56 Å². The Bertz CT molecular complexity index is 1350. The maximum atomic E-state index is 13.1. The summed E-state index contributed by atoms with van der Waals surface area (Å²) >= 11 is 0. The smallest absolute Gasteiger partial charge is 0.410 e. The van der Waals surface area contributed by atoms with Crippen LogP contribution in [0.2, 0.25) is 0 Å². The van der Waals surface area contributed by atoms with E-state index in [0.29, 0.717) is 13.3 Å². The molecule has 0 bridgehead atoms. The number of hydrogen-bond acceptors (Lipinski definition) is 5. The summed E-state index contributed by atoms with van der Waals surface area (Å²) in [5.41, 5.74) is 3.15. The maximum absolute atomic E-state index is 13.1. The summed E-state index contributed by atoms with van der Waals surface area (Å²) in [5, 5.41) is 3.12. The SMILES string of the molecule is CN(C(=O)OCc1ccccc1)C1CCC(CCN2CCC3(CC2)C(=O)NCN3c2ccccc2)(c2ccccc2)CC1. The highest BCUT2D eigenvalue weighted by molar-refractivity contribution is 5.93. The summed E-state index contributed by atoms with van der Waals surface area (Å²) in [5.74, 6) is 0.168. The van der Waals surface area contributed by atoms with E-state index in [1.54, 1.807) is 0 Å². The number of nitrogens with zero attached hydrogens (tertiary/aromatic N) is 3. The Morgan fingerprint density at radius 3 is 2.14 bits per heavy atom. The van der Waals surface area contributed by atoms with Gasteiger partial charge in [-0.2, -0.15) is 0 Å². The molecule has 1 saturated carbocycles.